The van der Waals surface area contributed by atoms with Crippen molar-refractivity contribution in [2.75, 3.05) is 6.54 Å². The third kappa shape index (κ3) is 4.04. The first-order valence-electron chi connectivity index (χ1n) is 9.99. The highest BCUT2D eigenvalue weighted by Gasteiger charge is 2.14. The van der Waals surface area contributed by atoms with E-state index < -0.39 is 0 Å². The van der Waals surface area contributed by atoms with Crippen LogP contribution in [-0.2, 0) is 0 Å². The van der Waals surface area contributed by atoms with E-state index in [1.54, 1.807) is 19.1 Å². The molecule has 0 bridgehead atoms. The zero-order valence-corrected chi connectivity index (χ0v) is 18.4. The van der Waals surface area contributed by atoms with Gasteiger partial charge in [0.25, 0.3) is 5.69 Å². The van der Waals surface area contributed by atoms with Crippen LogP contribution in [0.15, 0.2) is 76.1 Å². The summed E-state index contributed by atoms with van der Waals surface area (Å²) in [5.41, 5.74) is 4.12. The number of hydrogen-bond donors (Lipinski definition) is 0. The summed E-state index contributed by atoms with van der Waals surface area (Å²) >= 11 is 1.53. The van der Waals surface area contributed by atoms with E-state index in [1.165, 1.54) is 11.3 Å². The van der Waals surface area contributed by atoms with Crippen LogP contribution >= 0.6 is 11.3 Å². The van der Waals surface area contributed by atoms with Crippen LogP contribution in [0.1, 0.15) is 25.0 Å². The second-order valence-corrected chi connectivity index (χ2v) is 8.00. The van der Waals surface area contributed by atoms with E-state index in [-0.39, 0.29) is 10.6 Å². The Bertz CT molecular complexity index is 1380. The molecule has 0 saturated carbocycles. The van der Waals surface area contributed by atoms with Crippen LogP contribution in [0, 0.1) is 17.0 Å². The molecule has 0 unspecified atom stereocenters. The van der Waals surface area contributed by atoms with E-state index in [2.05, 4.69) is 34.6 Å². The second-order valence-electron chi connectivity index (χ2n) is 7.16. The van der Waals surface area contributed by atoms with E-state index in [1.807, 2.05) is 42.8 Å². The molecule has 1 heterocycles. The number of nitro groups is 1. The van der Waals surface area contributed by atoms with Gasteiger partial charge in [-0.15, -0.1) is 11.3 Å². The van der Waals surface area contributed by atoms with Gasteiger partial charge in [0.2, 0.25) is 4.80 Å². The number of benzene rings is 3. The third-order valence-electron chi connectivity index (χ3n) is 5.12. The summed E-state index contributed by atoms with van der Waals surface area (Å²) in [5, 5.41) is 20.6. The molecule has 0 radical (unpaired) electrons. The lowest BCUT2D eigenvalue weighted by atomic mass is 10.0. The summed E-state index contributed by atoms with van der Waals surface area (Å²) in [6, 6.07) is 19.7. The molecule has 0 amide bonds. The monoisotopic (exact) mass is 430 g/mol. The Balaban J connectivity index is 1.91. The van der Waals surface area contributed by atoms with Crippen LogP contribution in [0.3, 0.4) is 0 Å². The number of rotatable bonds is 5. The summed E-state index contributed by atoms with van der Waals surface area (Å²) in [7, 11) is 0. The highest BCUT2D eigenvalue weighted by atomic mass is 32.1. The molecule has 7 heteroatoms. The van der Waals surface area contributed by atoms with Gasteiger partial charge >= 0.3 is 0 Å². The van der Waals surface area contributed by atoms with Crippen LogP contribution in [-0.4, -0.2) is 21.9 Å². The predicted octanol–water partition coefficient (Wildman–Crippen LogP) is 5.78. The van der Waals surface area contributed by atoms with Crippen molar-refractivity contribution in [3.05, 3.63) is 92.1 Å². The molecular formula is C24H22N4O2S. The zero-order valence-electron chi connectivity index (χ0n) is 17.6. The summed E-state index contributed by atoms with van der Waals surface area (Å²) in [6.45, 7) is 6.22. The lowest BCUT2D eigenvalue weighted by Gasteiger charge is -2.09. The maximum Gasteiger partial charge on any atom is 0.272 e. The van der Waals surface area contributed by atoms with Crippen molar-refractivity contribution in [1.29, 1.82) is 0 Å². The molecule has 3 aromatic carbocycles. The molecule has 156 valence electrons. The molecule has 0 spiro atoms. The van der Waals surface area contributed by atoms with Gasteiger partial charge in [0.1, 0.15) is 0 Å². The SMILES string of the molecule is CCN=c1scc(-c2cccc3ccccc23)n1N=C(C)c1ccc(C)c([N+](=O)[O-])c1. The number of aromatic nitrogens is 1. The summed E-state index contributed by atoms with van der Waals surface area (Å²) in [6.07, 6.45) is 0. The number of hydrogen-bond acceptors (Lipinski definition) is 5. The van der Waals surface area contributed by atoms with Crippen molar-refractivity contribution in [1.82, 2.24) is 4.68 Å². The minimum Gasteiger partial charge on any atom is -0.258 e. The average Bonchev–Trinajstić information content (AvgIpc) is 3.15. The van der Waals surface area contributed by atoms with Crippen molar-refractivity contribution in [2.24, 2.45) is 10.1 Å². The zero-order chi connectivity index (χ0) is 22.0. The molecule has 4 aromatic rings. The van der Waals surface area contributed by atoms with Crippen molar-refractivity contribution < 1.29 is 4.92 Å². The maximum atomic E-state index is 11.4. The fourth-order valence-corrected chi connectivity index (χ4v) is 4.40. The van der Waals surface area contributed by atoms with Gasteiger partial charge in [0.15, 0.2) is 0 Å². The molecule has 0 atom stereocenters. The molecule has 0 fully saturated rings. The van der Waals surface area contributed by atoms with Gasteiger partial charge in [-0.2, -0.15) is 5.10 Å². The Kier molecular flexibility index (Phi) is 5.77. The van der Waals surface area contributed by atoms with Gasteiger partial charge < -0.3 is 0 Å². The molecule has 0 aliphatic rings. The van der Waals surface area contributed by atoms with Gasteiger partial charge in [-0.3, -0.25) is 15.1 Å². The van der Waals surface area contributed by atoms with E-state index in [9.17, 15) is 10.1 Å². The predicted molar refractivity (Wildman–Crippen MR) is 127 cm³/mol. The molecule has 4 rings (SSSR count). The molecule has 0 aliphatic heterocycles. The van der Waals surface area contributed by atoms with E-state index in [4.69, 9.17) is 5.10 Å². The van der Waals surface area contributed by atoms with Crippen LogP contribution < -0.4 is 4.80 Å². The summed E-state index contributed by atoms with van der Waals surface area (Å²) in [5.74, 6) is 0. The van der Waals surface area contributed by atoms with Gasteiger partial charge in [0.05, 0.1) is 16.3 Å². The highest BCUT2D eigenvalue weighted by molar-refractivity contribution is 7.07. The van der Waals surface area contributed by atoms with E-state index >= 15 is 0 Å². The number of nitro benzene ring substituents is 1. The lowest BCUT2D eigenvalue weighted by molar-refractivity contribution is -0.385. The summed E-state index contributed by atoms with van der Waals surface area (Å²) in [4.78, 5) is 16.4. The number of nitrogens with zero attached hydrogens (tertiary/aromatic N) is 4. The van der Waals surface area contributed by atoms with Gasteiger partial charge in [-0.05, 0) is 31.5 Å². The largest absolute Gasteiger partial charge is 0.272 e. The van der Waals surface area contributed by atoms with E-state index in [0.717, 1.165) is 26.8 Å². The number of fused-ring (bicyclic) bond motifs is 1. The van der Waals surface area contributed by atoms with Crippen molar-refractivity contribution >= 4 is 33.5 Å². The molecule has 0 saturated heterocycles. The quantitative estimate of drug-likeness (QED) is 0.229. The standard InChI is InChI=1S/C24H22N4O2S/c1-4-25-24-27(26-17(3)19-13-12-16(2)22(14-19)28(29)30)23(15-31-24)21-11-7-9-18-8-5-6-10-20(18)21/h5-15H,4H2,1-3H3. The van der Waals surface area contributed by atoms with Gasteiger partial charge in [0, 0.05) is 34.7 Å². The van der Waals surface area contributed by atoms with Gasteiger partial charge in [-0.1, -0.05) is 54.6 Å². The van der Waals surface area contributed by atoms with Crippen molar-refractivity contribution in [3.63, 3.8) is 0 Å². The molecule has 6 nitrogen and oxygen atoms in total. The van der Waals surface area contributed by atoms with Gasteiger partial charge in [-0.25, -0.2) is 4.68 Å². The van der Waals surface area contributed by atoms with Crippen LogP contribution in [0.5, 0.6) is 0 Å². The smallest absolute Gasteiger partial charge is 0.258 e. The third-order valence-corrected chi connectivity index (χ3v) is 5.97. The Morgan fingerprint density at radius 1 is 1.13 bits per heavy atom. The Morgan fingerprint density at radius 3 is 2.68 bits per heavy atom. The second kappa shape index (κ2) is 8.65. The van der Waals surface area contributed by atoms with E-state index in [0.29, 0.717) is 23.4 Å². The molecule has 0 aliphatic carbocycles. The average molecular weight is 431 g/mol. The summed E-state index contributed by atoms with van der Waals surface area (Å²) < 4.78 is 1.84. The molecule has 0 N–H and O–H groups in total. The fraction of sp³-hybridized carbons (Fsp3) is 0.167. The maximum absolute atomic E-state index is 11.4. The Morgan fingerprint density at radius 2 is 1.90 bits per heavy atom. The topological polar surface area (TPSA) is 72.8 Å². The minimum atomic E-state index is -0.358. The first kappa shape index (κ1) is 20.7. The molecule has 1 aromatic heterocycles. The first-order valence-corrected chi connectivity index (χ1v) is 10.9. The Labute approximate surface area is 184 Å². The molecular weight excluding hydrogens is 408 g/mol. The Hall–Kier alpha value is -3.58. The number of aryl methyl sites for hydroxylation is 1. The number of thiazole rings is 1. The van der Waals surface area contributed by atoms with Crippen LogP contribution in [0.4, 0.5) is 5.69 Å². The lowest BCUT2D eigenvalue weighted by Crippen LogP contribution is -2.14. The van der Waals surface area contributed by atoms with Crippen molar-refractivity contribution in [3.8, 4) is 11.3 Å². The van der Waals surface area contributed by atoms with Crippen molar-refractivity contribution in [2.45, 2.75) is 20.8 Å². The van der Waals surface area contributed by atoms with Crippen LogP contribution in [0.2, 0.25) is 0 Å². The highest BCUT2D eigenvalue weighted by Crippen LogP contribution is 2.29. The normalized spacial score (nSPS) is 12.5. The fourth-order valence-electron chi connectivity index (χ4n) is 3.51. The van der Waals surface area contributed by atoms with Crippen LogP contribution in [0.25, 0.3) is 22.0 Å². The molecule has 31 heavy (non-hydrogen) atoms. The minimum absolute atomic E-state index is 0.0927. The first-order chi connectivity index (χ1) is 15.0.